The number of aliphatic carboxylic acids is 1. The minimum absolute atomic E-state index is 0.197. The minimum atomic E-state index is -3.78. The van der Waals surface area contributed by atoms with Crippen LogP contribution in [0.1, 0.15) is 20.8 Å². The number of carbonyl (C=O) groups excluding carboxylic acids is 1. The molecule has 0 saturated carbocycles. The summed E-state index contributed by atoms with van der Waals surface area (Å²) < 4.78 is 25.1. The molecule has 8 heteroatoms. The van der Waals surface area contributed by atoms with E-state index in [1.807, 2.05) is 0 Å². The number of hydrogen-bond acceptors (Lipinski definition) is 4. The van der Waals surface area contributed by atoms with Crippen LogP contribution in [0.5, 0.6) is 0 Å². The fraction of sp³-hybridized carbons (Fsp3) is 0.800. The van der Waals surface area contributed by atoms with Crippen LogP contribution >= 0.6 is 0 Å². The van der Waals surface area contributed by atoms with Crippen LogP contribution in [0, 0.1) is 5.41 Å². The average molecular weight is 278 g/mol. The van der Waals surface area contributed by atoms with Gasteiger partial charge < -0.3 is 10.4 Å². The molecule has 0 bridgehead atoms. The van der Waals surface area contributed by atoms with E-state index in [-0.39, 0.29) is 12.3 Å². The van der Waals surface area contributed by atoms with E-state index in [0.717, 1.165) is 4.31 Å². The summed E-state index contributed by atoms with van der Waals surface area (Å²) in [4.78, 5) is 22.3. The highest BCUT2D eigenvalue weighted by molar-refractivity contribution is 7.89. The van der Waals surface area contributed by atoms with Gasteiger partial charge in [0.2, 0.25) is 15.9 Å². The number of sulfonamides is 1. The molecule has 1 atom stereocenters. The zero-order valence-electron chi connectivity index (χ0n) is 10.6. The molecule has 104 valence electrons. The highest BCUT2D eigenvalue weighted by Gasteiger charge is 2.40. The van der Waals surface area contributed by atoms with Crippen LogP contribution in [0.3, 0.4) is 0 Å². The smallest absolute Gasteiger partial charge is 0.323 e. The van der Waals surface area contributed by atoms with Crippen LogP contribution in [-0.2, 0) is 19.6 Å². The lowest BCUT2D eigenvalue weighted by atomic mass is 10.0. The van der Waals surface area contributed by atoms with E-state index >= 15 is 0 Å². The molecular weight excluding hydrogens is 260 g/mol. The molecule has 7 nitrogen and oxygen atoms in total. The number of nitrogens with zero attached hydrogens (tertiary/aromatic N) is 1. The lowest BCUT2D eigenvalue weighted by Crippen LogP contribution is -2.60. The van der Waals surface area contributed by atoms with Crippen LogP contribution < -0.4 is 5.32 Å². The van der Waals surface area contributed by atoms with Crippen LogP contribution in [0.2, 0.25) is 0 Å². The van der Waals surface area contributed by atoms with Crippen molar-refractivity contribution >= 4 is 21.9 Å². The van der Waals surface area contributed by atoms with Gasteiger partial charge in [0.1, 0.15) is 6.04 Å². The molecule has 1 unspecified atom stereocenters. The van der Waals surface area contributed by atoms with Gasteiger partial charge in [0, 0.05) is 6.54 Å². The molecule has 1 aliphatic rings. The summed E-state index contributed by atoms with van der Waals surface area (Å²) >= 11 is 0. The van der Waals surface area contributed by atoms with E-state index in [1.54, 1.807) is 20.8 Å². The molecule has 0 aromatic rings. The van der Waals surface area contributed by atoms with Crippen molar-refractivity contribution in [1.82, 2.24) is 9.62 Å². The lowest BCUT2D eigenvalue weighted by Gasteiger charge is -2.33. The number of rotatable bonds is 3. The second kappa shape index (κ2) is 4.85. The molecule has 1 amide bonds. The SMILES string of the molecule is CC(C)(C)CS(=O)(=O)N1CC(=O)NCC1C(=O)O. The second-order valence-electron chi connectivity index (χ2n) is 5.52. The number of piperazine rings is 1. The van der Waals surface area contributed by atoms with Gasteiger partial charge in [-0.15, -0.1) is 0 Å². The summed E-state index contributed by atoms with van der Waals surface area (Å²) in [6, 6.07) is -1.23. The lowest BCUT2D eigenvalue weighted by molar-refractivity contribution is -0.143. The predicted molar refractivity (Wildman–Crippen MR) is 64.4 cm³/mol. The Bertz CT molecular complexity index is 451. The highest BCUT2D eigenvalue weighted by atomic mass is 32.2. The van der Waals surface area contributed by atoms with E-state index in [9.17, 15) is 18.0 Å². The van der Waals surface area contributed by atoms with Gasteiger partial charge in [-0.3, -0.25) is 9.59 Å². The summed E-state index contributed by atoms with van der Waals surface area (Å²) in [5, 5.41) is 11.4. The first-order chi connectivity index (χ1) is 8.03. The quantitative estimate of drug-likeness (QED) is 0.706. The minimum Gasteiger partial charge on any atom is -0.480 e. The van der Waals surface area contributed by atoms with Gasteiger partial charge in [0.15, 0.2) is 0 Å². The molecule has 0 aromatic carbocycles. The first-order valence-corrected chi connectivity index (χ1v) is 7.13. The maximum Gasteiger partial charge on any atom is 0.323 e. The number of carboxylic acids is 1. The molecule has 1 heterocycles. The number of amides is 1. The Morgan fingerprint density at radius 1 is 1.50 bits per heavy atom. The number of carboxylic acid groups (broad SMARTS) is 1. The highest BCUT2D eigenvalue weighted by Crippen LogP contribution is 2.21. The molecule has 0 aromatic heterocycles. The fourth-order valence-corrected chi connectivity index (χ4v) is 3.88. The molecule has 0 radical (unpaired) electrons. The summed E-state index contributed by atoms with van der Waals surface area (Å²) in [7, 11) is -3.78. The maximum absolute atomic E-state index is 12.1. The van der Waals surface area contributed by atoms with Gasteiger partial charge >= 0.3 is 5.97 Å². The van der Waals surface area contributed by atoms with Gasteiger partial charge in [-0.1, -0.05) is 20.8 Å². The second-order valence-corrected chi connectivity index (χ2v) is 7.44. The van der Waals surface area contributed by atoms with E-state index in [1.165, 1.54) is 0 Å². The third-order valence-electron chi connectivity index (χ3n) is 2.40. The first-order valence-electron chi connectivity index (χ1n) is 5.52. The molecule has 1 rings (SSSR count). The summed E-state index contributed by atoms with van der Waals surface area (Å²) in [5.74, 6) is -1.94. The molecule has 0 aliphatic carbocycles. The Labute approximate surface area is 106 Å². The molecule has 2 N–H and O–H groups in total. The van der Waals surface area contributed by atoms with Gasteiger partial charge in [0.25, 0.3) is 0 Å². The number of hydrogen-bond donors (Lipinski definition) is 2. The van der Waals surface area contributed by atoms with Crippen molar-refractivity contribution in [3.63, 3.8) is 0 Å². The summed E-state index contributed by atoms with van der Waals surface area (Å²) in [6.45, 7) is 4.59. The third-order valence-corrected chi connectivity index (χ3v) is 4.73. The number of nitrogens with one attached hydrogen (secondary N) is 1. The zero-order valence-corrected chi connectivity index (χ0v) is 11.5. The predicted octanol–water partition coefficient (Wildman–Crippen LogP) is -0.753. The van der Waals surface area contributed by atoms with Crippen molar-refractivity contribution < 1.29 is 23.1 Å². The first kappa shape index (κ1) is 14.9. The van der Waals surface area contributed by atoms with Gasteiger partial charge in [0.05, 0.1) is 12.3 Å². The molecule has 18 heavy (non-hydrogen) atoms. The average Bonchev–Trinajstić information content (AvgIpc) is 2.13. The van der Waals surface area contributed by atoms with Crippen LogP contribution in [0.4, 0.5) is 0 Å². The van der Waals surface area contributed by atoms with Crippen LogP contribution in [0.25, 0.3) is 0 Å². The van der Waals surface area contributed by atoms with Gasteiger partial charge in [-0.2, -0.15) is 4.31 Å². The van der Waals surface area contributed by atoms with Gasteiger partial charge in [-0.05, 0) is 5.41 Å². The Kier molecular flexibility index (Phi) is 4.02. The molecule has 0 spiro atoms. The van der Waals surface area contributed by atoms with Crippen molar-refractivity contribution in [2.75, 3.05) is 18.8 Å². The molecular formula is C10H18N2O5S. The van der Waals surface area contributed by atoms with E-state index in [4.69, 9.17) is 5.11 Å². The van der Waals surface area contributed by atoms with Crippen LogP contribution in [0.15, 0.2) is 0 Å². The normalized spacial score (nSPS) is 22.6. The van der Waals surface area contributed by atoms with Crippen molar-refractivity contribution in [3.05, 3.63) is 0 Å². The standard InChI is InChI=1S/C10H18N2O5S/c1-10(2,3)6-18(16,17)12-5-8(13)11-4-7(12)9(14)15/h7H,4-6H2,1-3H3,(H,11,13)(H,14,15). The van der Waals surface area contributed by atoms with E-state index in [2.05, 4.69) is 5.32 Å². The molecule has 1 aliphatic heterocycles. The van der Waals surface area contributed by atoms with E-state index < -0.39 is 39.9 Å². The monoisotopic (exact) mass is 278 g/mol. The molecule has 1 saturated heterocycles. The number of carbonyl (C=O) groups is 2. The Balaban J connectivity index is 3.01. The summed E-state index contributed by atoms with van der Waals surface area (Å²) in [6.07, 6.45) is 0. The Morgan fingerprint density at radius 2 is 2.06 bits per heavy atom. The zero-order chi connectivity index (χ0) is 14.1. The molecule has 1 fully saturated rings. The fourth-order valence-electron chi connectivity index (χ4n) is 1.75. The van der Waals surface area contributed by atoms with Gasteiger partial charge in [-0.25, -0.2) is 8.42 Å². The van der Waals surface area contributed by atoms with E-state index in [0.29, 0.717) is 0 Å². The van der Waals surface area contributed by atoms with Crippen molar-refractivity contribution in [2.45, 2.75) is 26.8 Å². The summed E-state index contributed by atoms with van der Waals surface area (Å²) in [5.41, 5.74) is -0.504. The van der Waals surface area contributed by atoms with Crippen molar-refractivity contribution in [1.29, 1.82) is 0 Å². The van der Waals surface area contributed by atoms with Crippen molar-refractivity contribution in [2.24, 2.45) is 5.41 Å². The van der Waals surface area contributed by atoms with Crippen molar-refractivity contribution in [3.8, 4) is 0 Å². The topological polar surface area (TPSA) is 104 Å². The van der Waals surface area contributed by atoms with Crippen LogP contribution in [-0.4, -0.2) is 54.6 Å². The largest absolute Gasteiger partial charge is 0.480 e. The Hall–Kier alpha value is -1.15. The maximum atomic E-state index is 12.1. The third kappa shape index (κ3) is 3.67. The Morgan fingerprint density at radius 3 is 2.50 bits per heavy atom.